The normalized spacial score (nSPS) is 10.7. The van der Waals surface area contributed by atoms with Gasteiger partial charge in [0.05, 0.1) is 0 Å². The Bertz CT molecular complexity index is 794. The summed E-state index contributed by atoms with van der Waals surface area (Å²) >= 11 is 0. The molecule has 0 unspecified atom stereocenters. The fraction of sp³-hybridized carbons (Fsp3) is 0.316. The van der Waals surface area contributed by atoms with Crippen molar-refractivity contribution in [2.24, 2.45) is 0 Å². The van der Waals surface area contributed by atoms with Crippen LogP contribution in [0.3, 0.4) is 0 Å². The van der Waals surface area contributed by atoms with Crippen molar-refractivity contribution in [2.45, 2.75) is 33.2 Å². The number of nitrogens with one attached hydrogen (secondary N) is 1. The van der Waals surface area contributed by atoms with Gasteiger partial charge in [-0.3, -0.25) is 14.6 Å². The lowest BCUT2D eigenvalue weighted by molar-refractivity contribution is -0.116. The Hall–Kier alpha value is -2.83. The van der Waals surface area contributed by atoms with Gasteiger partial charge >= 0.3 is 0 Å². The minimum atomic E-state index is -2.55. The lowest BCUT2D eigenvalue weighted by Gasteiger charge is -2.11. The van der Waals surface area contributed by atoms with Gasteiger partial charge in [-0.1, -0.05) is 6.07 Å². The monoisotopic (exact) mass is 362 g/mol. The first kappa shape index (κ1) is 19.5. The fourth-order valence-electron chi connectivity index (χ4n) is 2.42. The van der Waals surface area contributed by atoms with E-state index in [2.05, 4.69) is 10.3 Å². The lowest BCUT2D eigenvalue weighted by atomic mass is 10.1. The third-order valence-corrected chi connectivity index (χ3v) is 3.45. The van der Waals surface area contributed by atoms with Crippen molar-refractivity contribution in [3.63, 3.8) is 0 Å². The number of rotatable bonds is 8. The molecule has 5 nitrogen and oxygen atoms in total. The molecule has 2 rings (SSSR count). The first-order valence-electron chi connectivity index (χ1n) is 8.07. The zero-order valence-electron chi connectivity index (χ0n) is 14.6. The average Bonchev–Trinajstić information content (AvgIpc) is 2.57. The average molecular weight is 362 g/mol. The number of nitrogens with zero attached hydrogens (tertiary/aromatic N) is 1. The number of pyridine rings is 1. The zero-order valence-corrected chi connectivity index (χ0v) is 14.6. The van der Waals surface area contributed by atoms with Crippen LogP contribution in [0.1, 0.15) is 34.1 Å². The second-order valence-corrected chi connectivity index (χ2v) is 5.95. The SMILES string of the molecule is CC(=O)Cc1cc(C(=O)NCc2cc(C)cc(OCC(F)F)c2)ccn1. The Balaban J connectivity index is 2.01. The summed E-state index contributed by atoms with van der Waals surface area (Å²) in [5.41, 5.74) is 2.51. The Kier molecular flexibility index (Phi) is 6.77. The van der Waals surface area contributed by atoms with E-state index >= 15 is 0 Å². The number of amides is 1. The summed E-state index contributed by atoms with van der Waals surface area (Å²) in [6.45, 7) is 2.82. The van der Waals surface area contributed by atoms with E-state index in [-0.39, 0.29) is 24.7 Å². The number of ether oxygens (including phenoxy) is 1. The molecule has 0 aliphatic rings. The quantitative estimate of drug-likeness (QED) is 0.784. The van der Waals surface area contributed by atoms with Crippen LogP contribution in [0.4, 0.5) is 8.78 Å². The van der Waals surface area contributed by atoms with Crippen molar-refractivity contribution < 1.29 is 23.1 Å². The Morgan fingerprint density at radius 2 is 2.00 bits per heavy atom. The fourth-order valence-corrected chi connectivity index (χ4v) is 2.42. The van der Waals surface area contributed by atoms with Gasteiger partial charge < -0.3 is 10.1 Å². The molecule has 0 saturated carbocycles. The largest absolute Gasteiger partial charge is 0.488 e. The predicted octanol–water partition coefficient (Wildman–Crippen LogP) is 3.10. The molecule has 0 aliphatic heterocycles. The Morgan fingerprint density at radius 3 is 2.69 bits per heavy atom. The molecule has 0 radical (unpaired) electrons. The number of alkyl halides is 2. The number of carbonyl (C=O) groups is 2. The summed E-state index contributed by atoms with van der Waals surface area (Å²) in [6, 6.07) is 8.24. The van der Waals surface area contributed by atoms with Crippen LogP contribution in [0.15, 0.2) is 36.5 Å². The number of benzene rings is 1. The highest BCUT2D eigenvalue weighted by atomic mass is 19.3. The molecule has 1 aromatic carbocycles. The van der Waals surface area contributed by atoms with Crippen LogP contribution in [0, 0.1) is 6.92 Å². The summed E-state index contributed by atoms with van der Waals surface area (Å²) in [5.74, 6) is -0.0119. The van der Waals surface area contributed by atoms with E-state index in [1.54, 1.807) is 24.3 Å². The molecule has 138 valence electrons. The maximum Gasteiger partial charge on any atom is 0.272 e. The van der Waals surface area contributed by atoms with Crippen molar-refractivity contribution in [1.29, 1.82) is 0 Å². The standard InChI is InChI=1S/C19H20F2N2O3/c1-12-5-14(8-17(6-12)26-11-18(20)21)10-23-19(25)15-3-4-22-16(9-15)7-13(2)24/h3-6,8-9,18H,7,10-11H2,1-2H3,(H,23,25). The number of aromatic nitrogens is 1. The third kappa shape index (κ3) is 6.23. The number of Topliss-reactive ketones (excluding diaryl/α,β-unsaturated/α-hetero) is 1. The zero-order chi connectivity index (χ0) is 19.1. The maximum absolute atomic E-state index is 12.3. The van der Waals surface area contributed by atoms with Gasteiger partial charge in [0.2, 0.25) is 0 Å². The van der Waals surface area contributed by atoms with E-state index < -0.39 is 13.0 Å². The third-order valence-electron chi connectivity index (χ3n) is 3.45. The smallest absolute Gasteiger partial charge is 0.272 e. The van der Waals surface area contributed by atoms with Crippen molar-refractivity contribution in [3.8, 4) is 5.75 Å². The lowest BCUT2D eigenvalue weighted by Crippen LogP contribution is -2.23. The molecular weight excluding hydrogens is 342 g/mol. The molecule has 1 amide bonds. The van der Waals surface area contributed by atoms with Crippen LogP contribution in [-0.4, -0.2) is 29.7 Å². The molecule has 0 spiro atoms. The molecule has 26 heavy (non-hydrogen) atoms. The van der Waals surface area contributed by atoms with Crippen molar-refractivity contribution >= 4 is 11.7 Å². The molecule has 7 heteroatoms. The van der Waals surface area contributed by atoms with Gasteiger partial charge in [-0.2, -0.15) is 0 Å². The predicted molar refractivity (Wildman–Crippen MR) is 92.5 cm³/mol. The number of ketones is 1. The molecule has 0 atom stereocenters. The van der Waals surface area contributed by atoms with Crippen LogP contribution >= 0.6 is 0 Å². The number of halogens is 2. The number of carbonyl (C=O) groups excluding carboxylic acids is 2. The Labute approximate surface area is 150 Å². The second kappa shape index (κ2) is 9.03. The van der Waals surface area contributed by atoms with Gasteiger partial charge in [0.15, 0.2) is 0 Å². The highest BCUT2D eigenvalue weighted by Crippen LogP contribution is 2.18. The highest BCUT2D eigenvalue weighted by molar-refractivity contribution is 5.94. The molecule has 2 aromatic rings. The Morgan fingerprint density at radius 1 is 1.23 bits per heavy atom. The van der Waals surface area contributed by atoms with Crippen molar-refractivity contribution in [1.82, 2.24) is 10.3 Å². The van der Waals surface area contributed by atoms with Crippen molar-refractivity contribution in [2.75, 3.05) is 6.61 Å². The van der Waals surface area contributed by atoms with Gasteiger partial charge in [-0.05, 0) is 49.2 Å². The molecule has 1 N–H and O–H groups in total. The van der Waals surface area contributed by atoms with Crippen LogP contribution in [0.5, 0.6) is 5.75 Å². The van der Waals surface area contributed by atoms with E-state index in [1.807, 2.05) is 13.0 Å². The summed E-state index contributed by atoms with van der Waals surface area (Å²) in [5, 5.41) is 2.76. The molecule has 0 aliphatic carbocycles. The molecular formula is C19H20F2N2O3. The first-order valence-corrected chi connectivity index (χ1v) is 8.07. The van der Waals surface area contributed by atoms with Gasteiger partial charge in [0.25, 0.3) is 12.3 Å². The topological polar surface area (TPSA) is 68.3 Å². The van der Waals surface area contributed by atoms with Crippen LogP contribution in [0.25, 0.3) is 0 Å². The molecule has 0 fully saturated rings. The summed E-state index contributed by atoms with van der Waals surface area (Å²) < 4.78 is 29.6. The summed E-state index contributed by atoms with van der Waals surface area (Å²) in [6.07, 6.45) is -0.894. The van der Waals surface area contributed by atoms with Crippen LogP contribution in [-0.2, 0) is 17.8 Å². The molecule has 0 bridgehead atoms. The minimum Gasteiger partial charge on any atom is -0.488 e. The van der Waals surface area contributed by atoms with Gasteiger partial charge in [-0.25, -0.2) is 8.78 Å². The number of hydrogen-bond acceptors (Lipinski definition) is 4. The molecule has 1 heterocycles. The van der Waals surface area contributed by atoms with Gasteiger partial charge in [0, 0.05) is 30.4 Å². The number of aryl methyl sites for hydroxylation is 1. The second-order valence-electron chi connectivity index (χ2n) is 5.95. The van der Waals surface area contributed by atoms with Crippen LogP contribution in [0.2, 0.25) is 0 Å². The summed E-state index contributed by atoms with van der Waals surface area (Å²) in [7, 11) is 0. The van der Waals surface area contributed by atoms with Gasteiger partial charge in [0.1, 0.15) is 18.1 Å². The maximum atomic E-state index is 12.3. The molecule has 1 aromatic heterocycles. The van der Waals surface area contributed by atoms with E-state index in [9.17, 15) is 18.4 Å². The van der Waals surface area contributed by atoms with Gasteiger partial charge in [-0.15, -0.1) is 0 Å². The van der Waals surface area contributed by atoms with Crippen molar-refractivity contribution in [3.05, 3.63) is 58.9 Å². The highest BCUT2D eigenvalue weighted by Gasteiger charge is 2.09. The van der Waals surface area contributed by atoms with E-state index in [4.69, 9.17) is 4.74 Å². The van der Waals surface area contributed by atoms with E-state index in [1.165, 1.54) is 13.1 Å². The molecule has 0 saturated heterocycles. The van der Waals surface area contributed by atoms with E-state index in [0.717, 1.165) is 11.1 Å². The minimum absolute atomic E-state index is 0.0360. The number of hydrogen-bond donors (Lipinski definition) is 1. The first-order chi connectivity index (χ1) is 12.3. The summed E-state index contributed by atoms with van der Waals surface area (Å²) in [4.78, 5) is 27.5. The van der Waals surface area contributed by atoms with E-state index in [0.29, 0.717) is 17.0 Å². The van der Waals surface area contributed by atoms with Crippen LogP contribution < -0.4 is 10.1 Å².